The molecule has 0 aliphatic heterocycles. The summed E-state index contributed by atoms with van der Waals surface area (Å²) in [6.45, 7) is 3.88. The third-order valence-electron chi connectivity index (χ3n) is 5.71. The highest BCUT2D eigenvalue weighted by atomic mass is 35.5. The molecule has 35 heavy (non-hydrogen) atoms. The number of anilines is 1. The number of aryl methyl sites for hydroxylation is 2. The van der Waals surface area contributed by atoms with Crippen LogP contribution in [0.2, 0.25) is 5.02 Å². The van der Waals surface area contributed by atoms with Crippen molar-refractivity contribution < 1.29 is 13.2 Å². The lowest BCUT2D eigenvalue weighted by atomic mass is 9.94. The average molecular weight is 505 g/mol. The van der Waals surface area contributed by atoms with E-state index in [2.05, 4.69) is 10.0 Å². The van der Waals surface area contributed by atoms with Gasteiger partial charge in [-0.05, 0) is 60.9 Å². The lowest BCUT2D eigenvalue weighted by Gasteiger charge is -2.22. The largest absolute Gasteiger partial charge is 0.341 e. The fraction of sp³-hybridized carbons (Fsp3) is 0.107. The predicted octanol–water partition coefficient (Wildman–Crippen LogP) is 6.28. The molecule has 4 rings (SSSR count). The molecule has 4 aromatic rings. The van der Waals surface area contributed by atoms with Gasteiger partial charge < -0.3 is 5.32 Å². The van der Waals surface area contributed by atoms with Crippen LogP contribution >= 0.6 is 11.6 Å². The molecule has 5 nitrogen and oxygen atoms in total. The van der Waals surface area contributed by atoms with Crippen LogP contribution in [-0.4, -0.2) is 14.3 Å². The van der Waals surface area contributed by atoms with E-state index in [0.29, 0.717) is 5.56 Å². The lowest BCUT2D eigenvalue weighted by Crippen LogP contribution is -2.29. The maximum atomic E-state index is 13.2. The average Bonchev–Trinajstić information content (AvgIpc) is 2.85. The summed E-state index contributed by atoms with van der Waals surface area (Å²) in [5.41, 5.74) is 4.46. The van der Waals surface area contributed by atoms with E-state index >= 15 is 0 Å². The predicted molar refractivity (Wildman–Crippen MR) is 140 cm³/mol. The lowest BCUT2D eigenvalue weighted by molar-refractivity contribution is 0.0943. The standard InChI is InChI=1S/C28H25ClN2O3S/c1-19-12-15-23(16-13-19)35(33,34)31-26-17-14-22(18-25(26)29)28(32)30-27(21-9-4-3-5-10-21)24-11-7-6-8-20(24)2/h3-18,27,31H,1-2H3,(H,30,32)/t27-/m0/s1. The molecule has 2 N–H and O–H groups in total. The summed E-state index contributed by atoms with van der Waals surface area (Å²) in [5, 5.41) is 3.22. The second-order valence-corrected chi connectivity index (χ2v) is 10.4. The first-order chi connectivity index (χ1) is 16.7. The highest BCUT2D eigenvalue weighted by Crippen LogP contribution is 2.28. The Bertz CT molecular complexity index is 1450. The van der Waals surface area contributed by atoms with Gasteiger partial charge in [-0.2, -0.15) is 0 Å². The molecule has 0 aliphatic carbocycles. The Balaban J connectivity index is 1.58. The van der Waals surface area contributed by atoms with Crippen LogP contribution in [0.1, 0.15) is 38.7 Å². The van der Waals surface area contributed by atoms with Gasteiger partial charge in [-0.25, -0.2) is 8.42 Å². The van der Waals surface area contributed by atoms with Crippen LogP contribution in [0, 0.1) is 13.8 Å². The van der Waals surface area contributed by atoms with Crippen molar-refractivity contribution in [2.45, 2.75) is 24.8 Å². The number of benzene rings is 4. The molecule has 1 amide bonds. The molecule has 0 unspecified atom stereocenters. The van der Waals surface area contributed by atoms with E-state index in [0.717, 1.165) is 22.3 Å². The normalized spacial score (nSPS) is 12.1. The Kier molecular flexibility index (Phi) is 7.24. The van der Waals surface area contributed by atoms with Crippen LogP contribution in [-0.2, 0) is 10.0 Å². The van der Waals surface area contributed by atoms with Crippen LogP contribution in [0.15, 0.2) is 102 Å². The van der Waals surface area contributed by atoms with Crippen LogP contribution in [0.25, 0.3) is 0 Å². The monoisotopic (exact) mass is 504 g/mol. The van der Waals surface area contributed by atoms with Crippen molar-refractivity contribution in [3.63, 3.8) is 0 Å². The van der Waals surface area contributed by atoms with Crippen LogP contribution in [0.4, 0.5) is 5.69 Å². The van der Waals surface area contributed by atoms with Crippen molar-refractivity contribution in [2.75, 3.05) is 4.72 Å². The highest BCUT2D eigenvalue weighted by Gasteiger charge is 2.21. The van der Waals surface area contributed by atoms with E-state index in [1.54, 1.807) is 18.2 Å². The summed E-state index contributed by atoms with van der Waals surface area (Å²) in [5.74, 6) is -0.322. The van der Waals surface area contributed by atoms with Gasteiger partial charge in [-0.3, -0.25) is 9.52 Å². The third kappa shape index (κ3) is 5.73. The number of carbonyl (C=O) groups is 1. The minimum absolute atomic E-state index is 0.125. The van der Waals surface area contributed by atoms with E-state index in [1.807, 2.05) is 68.4 Å². The molecule has 0 saturated heterocycles. The van der Waals surface area contributed by atoms with Gasteiger partial charge in [0.2, 0.25) is 0 Å². The van der Waals surface area contributed by atoms with Gasteiger partial charge in [0, 0.05) is 5.56 Å². The molecule has 0 radical (unpaired) electrons. The number of sulfonamides is 1. The van der Waals surface area contributed by atoms with Crippen molar-refractivity contribution in [1.82, 2.24) is 5.32 Å². The van der Waals surface area contributed by atoms with Gasteiger partial charge in [0.05, 0.1) is 21.6 Å². The van der Waals surface area contributed by atoms with Gasteiger partial charge in [-0.15, -0.1) is 0 Å². The minimum Gasteiger partial charge on any atom is -0.341 e. The first-order valence-corrected chi connectivity index (χ1v) is 12.9. The van der Waals surface area contributed by atoms with Crippen LogP contribution < -0.4 is 10.0 Å². The molecule has 0 spiro atoms. The van der Waals surface area contributed by atoms with E-state index in [9.17, 15) is 13.2 Å². The zero-order valence-electron chi connectivity index (χ0n) is 19.3. The maximum Gasteiger partial charge on any atom is 0.261 e. The van der Waals surface area contributed by atoms with Crippen molar-refractivity contribution >= 4 is 33.2 Å². The van der Waals surface area contributed by atoms with Gasteiger partial charge in [0.25, 0.3) is 15.9 Å². The SMILES string of the molecule is Cc1ccc(S(=O)(=O)Nc2ccc(C(=O)N[C@@H](c3ccccc3)c3ccccc3C)cc2Cl)cc1. The van der Waals surface area contributed by atoms with E-state index in [-0.39, 0.29) is 27.6 Å². The minimum atomic E-state index is -3.82. The number of hydrogen-bond acceptors (Lipinski definition) is 3. The quantitative estimate of drug-likeness (QED) is 0.311. The van der Waals surface area contributed by atoms with E-state index in [4.69, 9.17) is 11.6 Å². The molecule has 1 atom stereocenters. The Morgan fingerprint density at radius 2 is 1.49 bits per heavy atom. The highest BCUT2D eigenvalue weighted by molar-refractivity contribution is 7.92. The van der Waals surface area contributed by atoms with Gasteiger partial charge in [-0.1, -0.05) is 83.9 Å². The van der Waals surface area contributed by atoms with Gasteiger partial charge >= 0.3 is 0 Å². The molecule has 0 aromatic heterocycles. The number of hydrogen-bond donors (Lipinski definition) is 2. The topological polar surface area (TPSA) is 75.3 Å². The smallest absolute Gasteiger partial charge is 0.261 e. The summed E-state index contributed by atoms with van der Waals surface area (Å²) in [7, 11) is -3.82. The second-order valence-electron chi connectivity index (χ2n) is 8.29. The summed E-state index contributed by atoms with van der Waals surface area (Å²) >= 11 is 6.38. The fourth-order valence-electron chi connectivity index (χ4n) is 3.77. The van der Waals surface area contributed by atoms with Crippen molar-refractivity contribution in [2.24, 2.45) is 0 Å². The maximum absolute atomic E-state index is 13.2. The zero-order chi connectivity index (χ0) is 25.0. The molecule has 0 bridgehead atoms. The van der Waals surface area contributed by atoms with Crippen molar-refractivity contribution in [1.29, 1.82) is 0 Å². The molecular formula is C28H25ClN2O3S. The summed E-state index contributed by atoms with van der Waals surface area (Å²) in [6.07, 6.45) is 0. The second kappa shape index (κ2) is 10.3. The Morgan fingerprint density at radius 3 is 2.14 bits per heavy atom. The zero-order valence-corrected chi connectivity index (χ0v) is 20.9. The summed E-state index contributed by atoms with van der Waals surface area (Å²) in [4.78, 5) is 13.3. The first kappa shape index (κ1) is 24.5. The number of carbonyl (C=O) groups excluding carboxylic acids is 1. The fourth-order valence-corrected chi connectivity index (χ4v) is 5.14. The van der Waals surface area contributed by atoms with Crippen LogP contribution in [0.5, 0.6) is 0 Å². The first-order valence-electron chi connectivity index (χ1n) is 11.0. The molecule has 7 heteroatoms. The Morgan fingerprint density at radius 1 is 0.829 bits per heavy atom. The molecule has 0 aliphatic rings. The van der Waals surface area contributed by atoms with Gasteiger partial charge in [0.1, 0.15) is 0 Å². The Labute approximate surface area is 210 Å². The summed E-state index contributed by atoms with van der Waals surface area (Å²) < 4.78 is 27.9. The molecule has 178 valence electrons. The molecule has 0 fully saturated rings. The molecule has 4 aromatic carbocycles. The molecule has 0 heterocycles. The van der Waals surface area contributed by atoms with Crippen molar-refractivity contribution in [3.05, 3.63) is 130 Å². The van der Waals surface area contributed by atoms with E-state index in [1.165, 1.54) is 24.3 Å². The van der Waals surface area contributed by atoms with E-state index < -0.39 is 10.0 Å². The molecule has 0 saturated carbocycles. The summed E-state index contributed by atoms with van der Waals surface area (Å²) in [6, 6.07) is 28.3. The molecular weight excluding hydrogens is 480 g/mol. The Hall–Kier alpha value is -3.61. The van der Waals surface area contributed by atoms with Crippen LogP contribution in [0.3, 0.4) is 0 Å². The third-order valence-corrected chi connectivity index (χ3v) is 7.41. The number of amides is 1. The number of halogens is 1. The number of rotatable bonds is 7. The number of nitrogens with one attached hydrogen (secondary N) is 2. The van der Waals surface area contributed by atoms with Gasteiger partial charge in [0.15, 0.2) is 0 Å². The van der Waals surface area contributed by atoms with Crippen molar-refractivity contribution in [3.8, 4) is 0 Å².